The van der Waals surface area contributed by atoms with Crippen LogP contribution >= 0.6 is 0 Å². The molecule has 0 unspecified atom stereocenters. The highest BCUT2D eigenvalue weighted by Crippen LogP contribution is 2.15. The van der Waals surface area contributed by atoms with Gasteiger partial charge in [0.15, 0.2) is 0 Å². The molecule has 0 amide bonds. The Balaban J connectivity index is 1.98. The topological polar surface area (TPSA) is 47.8 Å². The van der Waals surface area contributed by atoms with Gasteiger partial charge in [0.2, 0.25) is 0 Å². The van der Waals surface area contributed by atoms with E-state index in [1.165, 1.54) is 0 Å². The van der Waals surface area contributed by atoms with Gasteiger partial charge in [-0.15, -0.1) is 0 Å². The zero-order valence-corrected chi connectivity index (χ0v) is 13.0. The van der Waals surface area contributed by atoms with Gasteiger partial charge in [-0.25, -0.2) is 4.98 Å². The summed E-state index contributed by atoms with van der Waals surface area (Å²) in [4.78, 5) is 21.9. The van der Waals surface area contributed by atoms with Crippen LogP contribution in [0, 0.1) is 0 Å². The van der Waals surface area contributed by atoms with Gasteiger partial charge in [0.05, 0.1) is 22.8 Å². The first-order chi connectivity index (χ1) is 11.8. The van der Waals surface area contributed by atoms with E-state index < -0.39 is 0 Å². The molecule has 2 aromatic carbocycles. The minimum Gasteiger partial charge on any atom is -0.268 e. The number of aromatic nitrogens is 3. The van der Waals surface area contributed by atoms with Crippen molar-refractivity contribution >= 4 is 10.9 Å². The molecule has 0 atom stereocenters. The lowest BCUT2D eigenvalue weighted by molar-refractivity contribution is 0.846. The number of nitrogens with zero attached hydrogens (tertiary/aromatic N) is 3. The molecule has 0 aliphatic rings. The normalized spacial score (nSPS) is 10.8. The Labute approximate surface area is 139 Å². The molecule has 24 heavy (non-hydrogen) atoms. The van der Waals surface area contributed by atoms with E-state index in [2.05, 4.69) is 4.98 Å². The van der Waals surface area contributed by atoms with Crippen LogP contribution in [0.25, 0.3) is 16.6 Å². The van der Waals surface area contributed by atoms with Crippen LogP contribution in [-0.4, -0.2) is 14.5 Å². The van der Waals surface area contributed by atoms with Gasteiger partial charge in [-0.1, -0.05) is 42.5 Å². The largest absolute Gasteiger partial charge is 0.268 e. The second kappa shape index (κ2) is 6.08. The molecule has 0 spiro atoms. The van der Waals surface area contributed by atoms with Gasteiger partial charge in [-0.2, -0.15) is 0 Å². The lowest BCUT2D eigenvalue weighted by Gasteiger charge is -2.13. The maximum Gasteiger partial charge on any atom is 0.266 e. The average Bonchev–Trinajstić information content (AvgIpc) is 2.64. The Bertz CT molecular complexity index is 1040. The van der Waals surface area contributed by atoms with Gasteiger partial charge >= 0.3 is 0 Å². The van der Waals surface area contributed by atoms with Crippen LogP contribution in [0.15, 0.2) is 83.9 Å². The van der Waals surface area contributed by atoms with Crippen molar-refractivity contribution in [2.75, 3.05) is 0 Å². The molecule has 0 N–H and O–H groups in total. The molecule has 0 radical (unpaired) electrons. The first-order valence-corrected chi connectivity index (χ1v) is 7.78. The summed E-state index contributed by atoms with van der Waals surface area (Å²) in [6, 6.07) is 21.2. The lowest BCUT2D eigenvalue weighted by atomic mass is 10.1. The molecule has 0 aliphatic heterocycles. The first kappa shape index (κ1) is 14.3. The number of para-hydroxylation sites is 1. The Morgan fingerprint density at radius 3 is 2.46 bits per heavy atom. The van der Waals surface area contributed by atoms with Crippen LogP contribution in [0.1, 0.15) is 11.4 Å². The number of hydrogen-bond donors (Lipinski definition) is 0. The third kappa shape index (κ3) is 2.58. The minimum absolute atomic E-state index is 0.0699. The highest BCUT2D eigenvalue weighted by Gasteiger charge is 2.13. The van der Waals surface area contributed by atoms with E-state index in [0.29, 0.717) is 23.1 Å². The summed E-state index contributed by atoms with van der Waals surface area (Å²) in [6.45, 7) is 0. The third-order valence-corrected chi connectivity index (χ3v) is 3.95. The fraction of sp³-hybridized carbons (Fsp3) is 0.0500. The second-order valence-electron chi connectivity index (χ2n) is 5.56. The van der Waals surface area contributed by atoms with Crippen LogP contribution in [-0.2, 0) is 6.42 Å². The summed E-state index contributed by atoms with van der Waals surface area (Å²) in [5.74, 6) is 0.706. The predicted octanol–water partition coefficient (Wildman–Crippen LogP) is 3.37. The molecule has 116 valence electrons. The van der Waals surface area contributed by atoms with E-state index in [4.69, 9.17) is 4.98 Å². The zero-order chi connectivity index (χ0) is 16.4. The van der Waals surface area contributed by atoms with Crippen molar-refractivity contribution in [2.24, 2.45) is 0 Å². The SMILES string of the molecule is O=c1c2ccccc2nc(Cc2ccccc2)n1-c1cccnc1. The molecule has 2 aromatic heterocycles. The highest BCUT2D eigenvalue weighted by atomic mass is 16.1. The van der Waals surface area contributed by atoms with E-state index in [0.717, 1.165) is 11.3 Å². The molecule has 0 saturated carbocycles. The van der Waals surface area contributed by atoms with Crippen LogP contribution in [0.3, 0.4) is 0 Å². The van der Waals surface area contributed by atoms with Crippen LogP contribution in [0.4, 0.5) is 0 Å². The monoisotopic (exact) mass is 313 g/mol. The quantitative estimate of drug-likeness (QED) is 0.582. The lowest BCUT2D eigenvalue weighted by Crippen LogP contribution is -2.24. The van der Waals surface area contributed by atoms with Crippen LogP contribution in [0.2, 0.25) is 0 Å². The van der Waals surface area contributed by atoms with E-state index in [1.54, 1.807) is 17.0 Å². The van der Waals surface area contributed by atoms with Gasteiger partial charge in [0.25, 0.3) is 5.56 Å². The molecule has 0 aliphatic carbocycles. The average molecular weight is 313 g/mol. The fourth-order valence-corrected chi connectivity index (χ4v) is 2.83. The molecule has 0 fully saturated rings. The van der Waals surface area contributed by atoms with E-state index in [-0.39, 0.29) is 5.56 Å². The van der Waals surface area contributed by atoms with Gasteiger partial charge in [0.1, 0.15) is 5.82 Å². The molecule has 4 rings (SSSR count). The summed E-state index contributed by atoms with van der Waals surface area (Å²) < 4.78 is 1.66. The van der Waals surface area contributed by atoms with Crippen molar-refractivity contribution in [3.63, 3.8) is 0 Å². The molecule has 4 heteroatoms. The highest BCUT2D eigenvalue weighted by molar-refractivity contribution is 5.77. The number of rotatable bonds is 3. The van der Waals surface area contributed by atoms with Crippen molar-refractivity contribution in [1.29, 1.82) is 0 Å². The third-order valence-electron chi connectivity index (χ3n) is 3.95. The van der Waals surface area contributed by atoms with Crippen molar-refractivity contribution in [3.8, 4) is 5.69 Å². The zero-order valence-electron chi connectivity index (χ0n) is 13.0. The summed E-state index contributed by atoms with van der Waals surface area (Å²) in [7, 11) is 0. The van der Waals surface area contributed by atoms with E-state index >= 15 is 0 Å². The first-order valence-electron chi connectivity index (χ1n) is 7.78. The summed E-state index contributed by atoms with van der Waals surface area (Å²) in [5, 5.41) is 0.609. The van der Waals surface area contributed by atoms with E-state index in [1.807, 2.05) is 66.7 Å². The summed E-state index contributed by atoms with van der Waals surface area (Å²) in [5.41, 5.74) is 2.48. The predicted molar refractivity (Wildman–Crippen MR) is 94.4 cm³/mol. The van der Waals surface area contributed by atoms with Gasteiger partial charge in [-0.3, -0.25) is 14.3 Å². The number of hydrogen-bond acceptors (Lipinski definition) is 3. The maximum atomic E-state index is 13.0. The molecule has 4 nitrogen and oxygen atoms in total. The van der Waals surface area contributed by atoms with Crippen LogP contribution < -0.4 is 5.56 Å². The number of benzene rings is 2. The van der Waals surface area contributed by atoms with Crippen molar-refractivity contribution in [1.82, 2.24) is 14.5 Å². The molecular weight excluding hydrogens is 298 g/mol. The van der Waals surface area contributed by atoms with Gasteiger partial charge in [-0.05, 0) is 29.8 Å². The van der Waals surface area contributed by atoms with E-state index in [9.17, 15) is 4.79 Å². The molecular formula is C20H15N3O. The second-order valence-corrected chi connectivity index (χ2v) is 5.56. The molecule has 2 heterocycles. The van der Waals surface area contributed by atoms with Crippen molar-refractivity contribution < 1.29 is 0 Å². The molecule has 0 saturated heterocycles. The maximum absolute atomic E-state index is 13.0. The van der Waals surface area contributed by atoms with Crippen molar-refractivity contribution in [3.05, 3.63) is 101 Å². The number of fused-ring (bicyclic) bond motifs is 1. The Morgan fingerprint density at radius 1 is 0.875 bits per heavy atom. The Morgan fingerprint density at radius 2 is 1.67 bits per heavy atom. The summed E-state index contributed by atoms with van der Waals surface area (Å²) in [6.07, 6.45) is 3.96. The van der Waals surface area contributed by atoms with Crippen molar-refractivity contribution in [2.45, 2.75) is 6.42 Å². The van der Waals surface area contributed by atoms with Gasteiger partial charge in [0, 0.05) is 12.6 Å². The Kier molecular flexibility index (Phi) is 3.63. The molecule has 0 bridgehead atoms. The van der Waals surface area contributed by atoms with Crippen LogP contribution in [0.5, 0.6) is 0 Å². The van der Waals surface area contributed by atoms with Gasteiger partial charge < -0.3 is 0 Å². The smallest absolute Gasteiger partial charge is 0.266 e. The Hall–Kier alpha value is -3.27. The standard InChI is InChI=1S/C20H15N3O/c24-20-17-10-4-5-11-18(17)22-19(13-15-7-2-1-3-8-15)23(20)16-9-6-12-21-14-16/h1-12,14H,13H2. The fourth-order valence-electron chi connectivity index (χ4n) is 2.83. The minimum atomic E-state index is -0.0699. The summed E-state index contributed by atoms with van der Waals surface area (Å²) >= 11 is 0. The number of pyridine rings is 1. The molecule has 4 aromatic rings.